The number of para-hydroxylation sites is 1. The Kier molecular flexibility index (Phi) is 4.03. The van der Waals surface area contributed by atoms with Crippen LogP contribution in [0, 0.1) is 0 Å². The first-order chi connectivity index (χ1) is 10.2. The summed E-state index contributed by atoms with van der Waals surface area (Å²) in [7, 11) is 1.76. The summed E-state index contributed by atoms with van der Waals surface area (Å²) in [6, 6.07) is 10.1. The minimum Gasteiger partial charge on any atom is -0.389 e. The zero-order valence-corrected chi connectivity index (χ0v) is 12.9. The molecule has 4 nitrogen and oxygen atoms in total. The lowest BCUT2D eigenvalue weighted by atomic mass is 10.1. The van der Waals surface area contributed by atoms with Crippen molar-refractivity contribution < 1.29 is 4.74 Å². The summed E-state index contributed by atoms with van der Waals surface area (Å²) >= 11 is 5.22. The highest BCUT2D eigenvalue weighted by molar-refractivity contribution is 7.80. The van der Waals surface area contributed by atoms with Crippen molar-refractivity contribution in [3.63, 3.8) is 0 Å². The van der Waals surface area contributed by atoms with Crippen molar-refractivity contribution in [3.05, 3.63) is 35.9 Å². The molecule has 1 fully saturated rings. The van der Waals surface area contributed by atoms with Crippen LogP contribution in [0.25, 0.3) is 10.9 Å². The quantitative estimate of drug-likeness (QED) is 0.883. The number of aromatic nitrogens is 1. The first-order valence-electron chi connectivity index (χ1n) is 7.16. The average molecular weight is 301 g/mol. The third-order valence-electron chi connectivity index (χ3n) is 3.98. The van der Waals surface area contributed by atoms with Gasteiger partial charge in [0.1, 0.15) is 10.8 Å². The molecular formula is C16H19N3OS. The van der Waals surface area contributed by atoms with E-state index in [1.54, 1.807) is 7.11 Å². The molecule has 5 heteroatoms. The molecule has 1 saturated heterocycles. The van der Waals surface area contributed by atoms with E-state index in [-0.39, 0.29) is 6.10 Å². The highest BCUT2D eigenvalue weighted by Gasteiger charge is 2.23. The predicted molar refractivity (Wildman–Crippen MR) is 89.9 cm³/mol. The van der Waals surface area contributed by atoms with E-state index in [0.717, 1.165) is 48.2 Å². The van der Waals surface area contributed by atoms with Crippen LogP contribution in [0.3, 0.4) is 0 Å². The van der Waals surface area contributed by atoms with Crippen LogP contribution >= 0.6 is 12.2 Å². The number of anilines is 1. The van der Waals surface area contributed by atoms with Crippen molar-refractivity contribution in [2.75, 3.05) is 25.1 Å². The minimum atomic E-state index is 0.242. The third kappa shape index (κ3) is 2.84. The molecule has 0 saturated carbocycles. The van der Waals surface area contributed by atoms with Crippen molar-refractivity contribution in [3.8, 4) is 0 Å². The van der Waals surface area contributed by atoms with Gasteiger partial charge in [0.2, 0.25) is 0 Å². The van der Waals surface area contributed by atoms with E-state index in [2.05, 4.69) is 4.90 Å². The number of benzene rings is 1. The summed E-state index contributed by atoms with van der Waals surface area (Å²) in [5, 5.41) is 1.06. The van der Waals surface area contributed by atoms with Crippen LogP contribution in [-0.2, 0) is 4.74 Å². The van der Waals surface area contributed by atoms with Crippen molar-refractivity contribution in [2.24, 2.45) is 5.73 Å². The Morgan fingerprint density at radius 3 is 3.00 bits per heavy atom. The average Bonchev–Trinajstić information content (AvgIpc) is 2.53. The summed E-state index contributed by atoms with van der Waals surface area (Å²) in [4.78, 5) is 7.42. The lowest BCUT2D eigenvalue weighted by Gasteiger charge is -2.34. The van der Waals surface area contributed by atoms with Gasteiger partial charge >= 0.3 is 0 Å². The SMILES string of the molecule is COC1CCCN(c2nc3ccccc3cc2C(N)=S)C1. The van der Waals surface area contributed by atoms with Crippen molar-refractivity contribution in [1.29, 1.82) is 0 Å². The maximum Gasteiger partial charge on any atom is 0.139 e. The number of rotatable bonds is 3. The fourth-order valence-electron chi connectivity index (χ4n) is 2.85. The first kappa shape index (κ1) is 14.2. The number of nitrogens with zero attached hydrogens (tertiary/aromatic N) is 2. The second-order valence-electron chi connectivity index (χ2n) is 5.36. The van der Waals surface area contributed by atoms with E-state index >= 15 is 0 Å². The van der Waals surface area contributed by atoms with Crippen LogP contribution in [0.1, 0.15) is 18.4 Å². The molecule has 0 aliphatic carbocycles. The molecule has 1 atom stereocenters. The monoisotopic (exact) mass is 301 g/mol. The Bertz CT molecular complexity index is 674. The smallest absolute Gasteiger partial charge is 0.139 e. The highest BCUT2D eigenvalue weighted by atomic mass is 32.1. The van der Waals surface area contributed by atoms with Gasteiger partial charge in [-0.1, -0.05) is 30.4 Å². The molecule has 1 aromatic carbocycles. The Balaban J connectivity index is 2.07. The summed E-state index contributed by atoms with van der Waals surface area (Å²) in [5.74, 6) is 0.878. The maximum atomic E-state index is 5.91. The number of methoxy groups -OCH3 is 1. The fourth-order valence-corrected chi connectivity index (χ4v) is 3.00. The minimum absolute atomic E-state index is 0.242. The van der Waals surface area contributed by atoms with Gasteiger partial charge in [-0.15, -0.1) is 0 Å². The summed E-state index contributed by atoms with van der Waals surface area (Å²) < 4.78 is 5.50. The number of hydrogen-bond acceptors (Lipinski definition) is 4. The molecule has 2 N–H and O–H groups in total. The van der Waals surface area contributed by atoms with E-state index in [9.17, 15) is 0 Å². The van der Waals surface area contributed by atoms with Gasteiger partial charge < -0.3 is 15.4 Å². The van der Waals surface area contributed by atoms with Crippen molar-refractivity contribution in [2.45, 2.75) is 18.9 Å². The van der Waals surface area contributed by atoms with E-state index < -0.39 is 0 Å². The first-order valence-corrected chi connectivity index (χ1v) is 7.57. The van der Waals surface area contributed by atoms with E-state index in [1.165, 1.54) is 0 Å². The van der Waals surface area contributed by atoms with Gasteiger partial charge in [-0.05, 0) is 25.0 Å². The van der Waals surface area contributed by atoms with Gasteiger partial charge in [-0.3, -0.25) is 0 Å². The summed E-state index contributed by atoms with van der Waals surface area (Å²) in [6.07, 6.45) is 2.42. The Morgan fingerprint density at radius 1 is 1.43 bits per heavy atom. The lowest BCUT2D eigenvalue weighted by molar-refractivity contribution is 0.0891. The number of thiocarbonyl (C=S) groups is 1. The molecule has 0 bridgehead atoms. The molecule has 0 radical (unpaired) electrons. The largest absolute Gasteiger partial charge is 0.389 e. The van der Waals surface area contributed by atoms with E-state index in [1.807, 2.05) is 30.3 Å². The molecule has 3 rings (SSSR count). The maximum absolute atomic E-state index is 5.91. The zero-order chi connectivity index (χ0) is 14.8. The van der Waals surface area contributed by atoms with Crippen LogP contribution in [0.15, 0.2) is 30.3 Å². The van der Waals surface area contributed by atoms with Crippen LogP contribution < -0.4 is 10.6 Å². The second-order valence-corrected chi connectivity index (χ2v) is 5.80. The van der Waals surface area contributed by atoms with Gasteiger partial charge in [0.15, 0.2) is 0 Å². The van der Waals surface area contributed by atoms with Gasteiger partial charge in [-0.2, -0.15) is 0 Å². The highest BCUT2D eigenvalue weighted by Crippen LogP contribution is 2.26. The van der Waals surface area contributed by atoms with E-state index in [0.29, 0.717) is 4.99 Å². The number of nitrogens with two attached hydrogens (primary N) is 1. The molecule has 0 amide bonds. The topological polar surface area (TPSA) is 51.4 Å². The Labute approximate surface area is 129 Å². The molecular weight excluding hydrogens is 282 g/mol. The van der Waals surface area contributed by atoms with Crippen LogP contribution in [0.2, 0.25) is 0 Å². The van der Waals surface area contributed by atoms with Crippen molar-refractivity contribution in [1.82, 2.24) is 4.98 Å². The van der Waals surface area contributed by atoms with Gasteiger partial charge in [0, 0.05) is 25.6 Å². The predicted octanol–water partition coefficient (Wildman–Crippen LogP) is 2.48. The number of pyridine rings is 1. The Morgan fingerprint density at radius 2 is 2.24 bits per heavy atom. The fraction of sp³-hybridized carbons (Fsp3) is 0.375. The molecule has 2 heterocycles. The zero-order valence-electron chi connectivity index (χ0n) is 12.1. The lowest BCUT2D eigenvalue weighted by Crippen LogP contribution is -2.40. The second kappa shape index (κ2) is 5.95. The van der Waals surface area contributed by atoms with Crippen LogP contribution in [-0.4, -0.2) is 36.3 Å². The molecule has 2 aromatic rings. The van der Waals surface area contributed by atoms with E-state index in [4.69, 9.17) is 27.7 Å². The van der Waals surface area contributed by atoms with Crippen molar-refractivity contribution >= 4 is 33.9 Å². The molecule has 1 aromatic heterocycles. The third-order valence-corrected chi connectivity index (χ3v) is 4.20. The molecule has 110 valence electrons. The standard InChI is InChI=1S/C16H19N3OS/c1-20-12-6-4-8-19(10-12)16-13(15(17)21)9-11-5-2-3-7-14(11)18-16/h2-3,5,7,9,12H,4,6,8,10H2,1H3,(H2,17,21). The molecule has 1 unspecified atom stereocenters. The molecule has 21 heavy (non-hydrogen) atoms. The van der Waals surface area contributed by atoms with Gasteiger partial charge in [0.05, 0.1) is 17.2 Å². The van der Waals surface area contributed by atoms with Crippen LogP contribution in [0.4, 0.5) is 5.82 Å². The molecule has 0 spiro atoms. The van der Waals surface area contributed by atoms with Gasteiger partial charge in [0.25, 0.3) is 0 Å². The van der Waals surface area contributed by atoms with Crippen LogP contribution in [0.5, 0.6) is 0 Å². The number of ether oxygens (including phenoxy) is 1. The Hall–Kier alpha value is -1.72. The summed E-state index contributed by atoms with van der Waals surface area (Å²) in [5.41, 5.74) is 7.73. The summed E-state index contributed by atoms with van der Waals surface area (Å²) in [6.45, 7) is 1.79. The number of piperidine rings is 1. The number of hydrogen-bond donors (Lipinski definition) is 1. The normalized spacial score (nSPS) is 18.9. The van der Waals surface area contributed by atoms with Gasteiger partial charge in [-0.25, -0.2) is 4.98 Å². The molecule has 1 aliphatic rings. The molecule has 1 aliphatic heterocycles. The number of fused-ring (bicyclic) bond motifs is 1.